The Morgan fingerprint density at radius 2 is 1.65 bits per heavy atom. The van der Waals surface area contributed by atoms with Gasteiger partial charge in [-0.1, -0.05) is 43.2 Å². The summed E-state index contributed by atoms with van der Waals surface area (Å²) in [6.45, 7) is 2.15. The first kappa shape index (κ1) is 18.5. The predicted octanol–water partition coefficient (Wildman–Crippen LogP) is 6.75. The van der Waals surface area contributed by atoms with E-state index in [0.29, 0.717) is 16.3 Å². The van der Waals surface area contributed by atoms with Gasteiger partial charge in [0.2, 0.25) is 0 Å². The van der Waals surface area contributed by atoms with E-state index in [1.54, 1.807) is 12.3 Å². The average molecular weight is 377 g/mol. The lowest BCUT2D eigenvalue weighted by Crippen LogP contribution is -1.90. The van der Waals surface area contributed by atoms with Crippen LogP contribution in [-0.2, 0) is 6.42 Å². The molecule has 0 aliphatic heterocycles. The van der Waals surface area contributed by atoms with Gasteiger partial charge >= 0.3 is 0 Å². The number of aryl methyl sites for hydroxylation is 1. The average Bonchev–Trinajstić information content (AvgIpc) is 3.07. The van der Waals surface area contributed by atoms with Gasteiger partial charge in [0.25, 0.3) is 5.19 Å². The molecule has 3 rings (SSSR count). The molecule has 0 unspecified atom stereocenters. The molecule has 0 atom stereocenters. The molecule has 1 heterocycles. The highest BCUT2D eigenvalue weighted by Gasteiger charge is 2.11. The normalized spacial score (nSPS) is 10.9. The molecule has 0 saturated carbocycles. The van der Waals surface area contributed by atoms with Crippen molar-refractivity contribution in [2.75, 3.05) is 0 Å². The second kappa shape index (κ2) is 8.36. The van der Waals surface area contributed by atoms with Crippen LogP contribution in [0.4, 0.5) is 13.2 Å². The molecule has 0 radical (unpaired) electrons. The van der Waals surface area contributed by atoms with Crippen LogP contribution in [0.2, 0.25) is 0 Å². The molecule has 0 saturated heterocycles. The van der Waals surface area contributed by atoms with Gasteiger partial charge in [0.05, 0.1) is 0 Å². The van der Waals surface area contributed by atoms with Crippen molar-refractivity contribution < 1.29 is 17.9 Å². The summed E-state index contributed by atoms with van der Waals surface area (Å²) in [7, 11) is 0. The summed E-state index contributed by atoms with van der Waals surface area (Å²) in [5.41, 5.74) is 0.829. The number of thiazole rings is 1. The van der Waals surface area contributed by atoms with Crippen LogP contribution in [0.1, 0.15) is 31.1 Å². The van der Waals surface area contributed by atoms with Gasteiger partial charge in [-0.05, 0) is 48.2 Å². The van der Waals surface area contributed by atoms with E-state index in [9.17, 15) is 13.2 Å². The van der Waals surface area contributed by atoms with Crippen LogP contribution in [0.5, 0.6) is 10.9 Å². The van der Waals surface area contributed by atoms with Crippen molar-refractivity contribution in [1.82, 2.24) is 4.98 Å². The zero-order valence-corrected chi connectivity index (χ0v) is 15.1. The Morgan fingerprint density at radius 3 is 2.35 bits per heavy atom. The van der Waals surface area contributed by atoms with E-state index in [-0.39, 0.29) is 5.75 Å². The smallest absolute Gasteiger partial charge is 0.278 e. The largest absolute Gasteiger partial charge is 0.428 e. The van der Waals surface area contributed by atoms with E-state index in [1.165, 1.54) is 29.5 Å². The van der Waals surface area contributed by atoms with Crippen LogP contribution in [0, 0.1) is 17.5 Å². The van der Waals surface area contributed by atoms with Crippen molar-refractivity contribution in [3.63, 3.8) is 0 Å². The number of rotatable bonds is 7. The molecule has 0 N–H and O–H groups in total. The topological polar surface area (TPSA) is 22.1 Å². The van der Waals surface area contributed by atoms with Crippen molar-refractivity contribution in [2.45, 2.75) is 32.6 Å². The summed E-state index contributed by atoms with van der Waals surface area (Å²) in [5.74, 6) is -2.45. The molecule has 0 fully saturated rings. The number of hydrogen-bond donors (Lipinski definition) is 0. The molecule has 0 aliphatic rings. The number of unbranched alkanes of at least 4 members (excludes halogenated alkanes) is 2. The summed E-state index contributed by atoms with van der Waals surface area (Å²) in [4.78, 5) is 5.28. The lowest BCUT2D eigenvalue weighted by atomic mass is 10.1. The third-order valence-electron chi connectivity index (χ3n) is 3.94. The van der Waals surface area contributed by atoms with E-state index >= 15 is 0 Å². The van der Waals surface area contributed by atoms with Gasteiger partial charge < -0.3 is 4.74 Å². The third kappa shape index (κ3) is 4.43. The van der Waals surface area contributed by atoms with Gasteiger partial charge in [-0.2, -0.15) is 0 Å². The molecule has 26 heavy (non-hydrogen) atoms. The number of nitrogens with zero attached hydrogens (tertiary/aromatic N) is 1. The Kier molecular flexibility index (Phi) is 5.93. The highest BCUT2D eigenvalue weighted by atomic mass is 32.1. The number of halogens is 3. The fourth-order valence-electron chi connectivity index (χ4n) is 2.53. The fourth-order valence-corrected chi connectivity index (χ4v) is 3.35. The second-order valence-corrected chi connectivity index (χ2v) is 7.00. The quantitative estimate of drug-likeness (QED) is 0.425. The fraction of sp³-hybridized carbons (Fsp3) is 0.250. The lowest BCUT2D eigenvalue weighted by molar-refractivity contribution is 0.440. The van der Waals surface area contributed by atoms with E-state index < -0.39 is 17.5 Å². The molecule has 1 aromatic heterocycles. The molecule has 0 bridgehead atoms. The minimum absolute atomic E-state index is 0.0470. The highest BCUT2D eigenvalue weighted by Crippen LogP contribution is 2.32. The van der Waals surface area contributed by atoms with Gasteiger partial charge in [-0.15, -0.1) is 0 Å². The van der Waals surface area contributed by atoms with Crippen LogP contribution >= 0.6 is 11.3 Å². The zero-order chi connectivity index (χ0) is 18.5. The Bertz CT molecular complexity index is 895. The van der Waals surface area contributed by atoms with E-state index in [4.69, 9.17) is 4.74 Å². The highest BCUT2D eigenvalue weighted by molar-refractivity contribution is 7.13. The molecule has 3 aromatic rings. The Balaban J connectivity index is 1.72. The van der Waals surface area contributed by atoms with Crippen molar-refractivity contribution in [3.05, 3.63) is 64.9 Å². The summed E-state index contributed by atoms with van der Waals surface area (Å²) in [6.07, 6.45) is 6.09. The SMILES string of the molecule is CCCCCc1cnc(Oc2ccc(-c3ccc(F)c(F)c3)cc2F)s1. The first-order valence-corrected chi connectivity index (χ1v) is 9.26. The number of aromatic nitrogens is 1. The molecular formula is C20H18F3NOS. The maximum atomic E-state index is 14.3. The minimum atomic E-state index is -0.971. The first-order valence-electron chi connectivity index (χ1n) is 8.44. The third-order valence-corrected chi connectivity index (χ3v) is 4.88. The Morgan fingerprint density at radius 1 is 0.923 bits per heavy atom. The van der Waals surface area contributed by atoms with Crippen LogP contribution < -0.4 is 4.74 Å². The summed E-state index contributed by atoms with van der Waals surface area (Å²) < 4.78 is 46.2. The van der Waals surface area contributed by atoms with Crippen LogP contribution in [0.15, 0.2) is 42.6 Å². The van der Waals surface area contributed by atoms with Crippen molar-refractivity contribution in [2.24, 2.45) is 0 Å². The molecule has 2 nitrogen and oxygen atoms in total. The second-order valence-electron chi connectivity index (χ2n) is 5.93. The van der Waals surface area contributed by atoms with Crippen molar-refractivity contribution >= 4 is 11.3 Å². The van der Waals surface area contributed by atoms with Gasteiger partial charge in [0, 0.05) is 11.1 Å². The van der Waals surface area contributed by atoms with Crippen molar-refractivity contribution in [1.29, 1.82) is 0 Å². The molecule has 2 aromatic carbocycles. The maximum Gasteiger partial charge on any atom is 0.278 e. The van der Waals surface area contributed by atoms with E-state index in [2.05, 4.69) is 11.9 Å². The lowest BCUT2D eigenvalue weighted by Gasteiger charge is -2.07. The summed E-state index contributed by atoms with van der Waals surface area (Å²) in [6, 6.07) is 7.75. The van der Waals surface area contributed by atoms with Gasteiger partial charge in [0.1, 0.15) is 0 Å². The molecule has 0 amide bonds. The Labute approximate surface area is 154 Å². The van der Waals surface area contributed by atoms with E-state index in [1.807, 2.05) is 0 Å². The monoisotopic (exact) mass is 377 g/mol. The summed E-state index contributed by atoms with van der Waals surface area (Å²) in [5, 5.41) is 0.385. The van der Waals surface area contributed by atoms with Crippen molar-refractivity contribution in [3.8, 4) is 22.1 Å². The Hall–Kier alpha value is -2.34. The van der Waals surface area contributed by atoms with Gasteiger partial charge in [-0.3, -0.25) is 0 Å². The number of hydrogen-bond acceptors (Lipinski definition) is 3. The van der Waals surface area contributed by atoms with Crippen LogP contribution in [-0.4, -0.2) is 4.98 Å². The molecule has 6 heteroatoms. The standard InChI is InChI=1S/C20H18F3NOS/c1-2-3-4-5-15-12-24-20(26-15)25-19-9-7-14(11-18(19)23)13-6-8-16(21)17(22)10-13/h6-12H,2-5H2,1H3. The minimum Gasteiger partial charge on any atom is -0.428 e. The first-order chi connectivity index (χ1) is 12.6. The molecular weight excluding hydrogens is 359 g/mol. The zero-order valence-electron chi connectivity index (χ0n) is 14.3. The maximum absolute atomic E-state index is 14.3. The van der Waals surface area contributed by atoms with Crippen LogP contribution in [0.3, 0.4) is 0 Å². The summed E-state index contributed by atoms with van der Waals surface area (Å²) >= 11 is 1.40. The van der Waals surface area contributed by atoms with Gasteiger partial charge in [0.15, 0.2) is 23.2 Å². The van der Waals surface area contributed by atoms with E-state index in [0.717, 1.165) is 42.7 Å². The predicted molar refractivity (Wildman–Crippen MR) is 97.2 cm³/mol. The molecule has 0 aliphatic carbocycles. The van der Waals surface area contributed by atoms with Crippen LogP contribution in [0.25, 0.3) is 11.1 Å². The number of benzene rings is 2. The number of ether oxygens (including phenoxy) is 1. The molecule has 136 valence electrons. The van der Waals surface area contributed by atoms with Gasteiger partial charge in [-0.25, -0.2) is 18.2 Å². The molecule has 0 spiro atoms.